The average molecular weight is 291 g/mol. The molecular weight excluding hydrogens is 274 g/mol. The molecule has 1 aromatic heterocycles. The summed E-state index contributed by atoms with van der Waals surface area (Å²) in [4.78, 5) is 11.6. The first kappa shape index (κ1) is 14.7. The van der Waals surface area contributed by atoms with Crippen LogP contribution >= 0.6 is 11.8 Å². The van der Waals surface area contributed by atoms with Crippen molar-refractivity contribution < 1.29 is 9.34 Å². The van der Waals surface area contributed by atoms with Gasteiger partial charge in [-0.1, -0.05) is 19.9 Å². The molecule has 0 bridgehead atoms. The van der Waals surface area contributed by atoms with Crippen molar-refractivity contribution in [1.29, 1.82) is 0 Å². The molecule has 0 fully saturated rings. The van der Waals surface area contributed by atoms with E-state index in [1.54, 1.807) is 12.3 Å². The fraction of sp³-hybridized carbons (Fsp3) is 0.333. The van der Waals surface area contributed by atoms with Gasteiger partial charge in [0.1, 0.15) is 5.76 Å². The van der Waals surface area contributed by atoms with Gasteiger partial charge >= 0.3 is 0 Å². The first-order valence-corrected chi connectivity index (χ1v) is 7.54. The predicted molar refractivity (Wildman–Crippen MR) is 80.1 cm³/mol. The van der Waals surface area contributed by atoms with Gasteiger partial charge in [-0.05, 0) is 36.1 Å². The van der Waals surface area contributed by atoms with E-state index in [1.165, 1.54) is 11.8 Å². The fourth-order valence-corrected chi connectivity index (χ4v) is 2.79. The van der Waals surface area contributed by atoms with E-state index in [9.17, 15) is 10.1 Å². The summed E-state index contributed by atoms with van der Waals surface area (Å²) < 4.78 is 5.24. The first-order chi connectivity index (χ1) is 9.61. The molecule has 1 unspecified atom stereocenters. The summed E-state index contributed by atoms with van der Waals surface area (Å²) >= 11 is 1.43. The zero-order valence-electron chi connectivity index (χ0n) is 11.5. The molecule has 0 aliphatic carbocycles. The highest BCUT2D eigenvalue weighted by atomic mass is 32.2. The molecule has 1 heterocycles. The number of nitro benzene ring substituents is 1. The normalized spacial score (nSPS) is 12.3. The lowest BCUT2D eigenvalue weighted by molar-refractivity contribution is -0.387. The Hall–Kier alpha value is -1.75. The van der Waals surface area contributed by atoms with Gasteiger partial charge in [-0.3, -0.25) is 10.1 Å². The molecule has 2 rings (SSSR count). The third-order valence-electron chi connectivity index (χ3n) is 3.31. The Morgan fingerprint density at radius 1 is 1.40 bits per heavy atom. The molecule has 0 radical (unpaired) electrons. The highest BCUT2D eigenvalue weighted by Crippen LogP contribution is 2.34. The van der Waals surface area contributed by atoms with Crippen molar-refractivity contribution in [2.75, 3.05) is 0 Å². The maximum absolute atomic E-state index is 11.2. The van der Waals surface area contributed by atoms with E-state index in [0.29, 0.717) is 16.6 Å². The Kier molecular flexibility index (Phi) is 4.84. The lowest BCUT2D eigenvalue weighted by atomic mass is 9.98. The van der Waals surface area contributed by atoms with Crippen molar-refractivity contribution in [2.45, 2.75) is 36.8 Å². The molecule has 5 heteroatoms. The Morgan fingerprint density at radius 3 is 2.80 bits per heavy atom. The quantitative estimate of drug-likeness (QED) is 0.427. The summed E-state index contributed by atoms with van der Waals surface area (Å²) in [5.41, 5.74) is 1.20. The van der Waals surface area contributed by atoms with Crippen molar-refractivity contribution in [3.8, 4) is 0 Å². The molecule has 0 saturated carbocycles. The number of thioether (sulfide) groups is 1. The van der Waals surface area contributed by atoms with Gasteiger partial charge in [0, 0.05) is 6.07 Å². The maximum atomic E-state index is 11.2. The van der Waals surface area contributed by atoms with E-state index in [-0.39, 0.29) is 10.6 Å². The van der Waals surface area contributed by atoms with Crippen LogP contribution < -0.4 is 0 Å². The summed E-state index contributed by atoms with van der Waals surface area (Å²) in [6, 6.07) is 9.19. The fourth-order valence-electron chi connectivity index (χ4n) is 1.88. The zero-order chi connectivity index (χ0) is 14.5. The van der Waals surface area contributed by atoms with E-state index in [4.69, 9.17) is 4.42 Å². The summed E-state index contributed by atoms with van der Waals surface area (Å²) in [6.07, 6.45) is 2.58. The molecule has 0 spiro atoms. The second kappa shape index (κ2) is 6.61. The molecule has 106 valence electrons. The number of rotatable bonds is 6. The highest BCUT2D eigenvalue weighted by Gasteiger charge is 2.17. The van der Waals surface area contributed by atoms with Crippen LogP contribution in [0.2, 0.25) is 0 Å². The van der Waals surface area contributed by atoms with Crippen LogP contribution in [0.4, 0.5) is 5.69 Å². The number of furan rings is 1. The van der Waals surface area contributed by atoms with E-state index in [1.807, 2.05) is 24.3 Å². The van der Waals surface area contributed by atoms with E-state index < -0.39 is 0 Å². The van der Waals surface area contributed by atoms with Crippen molar-refractivity contribution in [3.05, 3.63) is 58.0 Å². The summed E-state index contributed by atoms with van der Waals surface area (Å²) in [5, 5.41) is 11.2. The minimum absolute atomic E-state index is 0.180. The monoisotopic (exact) mass is 291 g/mol. The molecule has 1 atom stereocenters. The van der Waals surface area contributed by atoms with E-state index in [0.717, 1.165) is 17.7 Å². The minimum atomic E-state index is -0.309. The van der Waals surface area contributed by atoms with Crippen molar-refractivity contribution in [1.82, 2.24) is 0 Å². The second-order valence-corrected chi connectivity index (χ2v) is 5.68. The van der Waals surface area contributed by atoms with Crippen molar-refractivity contribution in [3.63, 3.8) is 0 Å². The molecular formula is C15H17NO3S. The predicted octanol–water partition coefficient (Wildman–Crippen LogP) is 4.99. The van der Waals surface area contributed by atoms with Crippen LogP contribution in [-0.4, -0.2) is 4.92 Å². The Labute approximate surface area is 122 Å². The molecule has 4 nitrogen and oxygen atoms in total. The molecule has 1 aromatic carbocycles. The summed E-state index contributed by atoms with van der Waals surface area (Å²) in [5.74, 6) is 1.74. The molecule has 20 heavy (non-hydrogen) atoms. The lowest BCUT2D eigenvalue weighted by Crippen LogP contribution is -1.96. The first-order valence-electron chi connectivity index (χ1n) is 6.55. The smallest absolute Gasteiger partial charge is 0.283 e. The number of hydrogen-bond donors (Lipinski definition) is 0. The van der Waals surface area contributed by atoms with Crippen molar-refractivity contribution in [2.24, 2.45) is 0 Å². The Morgan fingerprint density at radius 2 is 2.20 bits per heavy atom. The van der Waals surface area contributed by atoms with E-state index >= 15 is 0 Å². The molecule has 0 aliphatic heterocycles. The minimum Gasteiger partial charge on any atom is -0.468 e. The van der Waals surface area contributed by atoms with Crippen LogP contribution in [0.3, 0.4) is 0 Å². The van der Waals surface area contributed by atoms with Gasteiger partial charge in [0.2, 0.25) is 0 Å². The lowest BCUT2D eigenvalue weighted by Gasteiger charge is -2.10. The third-order valence-corrected chi connectivity index (χ3v) is 4.40. The molecule has 0 N–H and O–H groups in total. The second-order valence-electron chi connectivity index (χ2n) is 4.66. The van der Waals surface area contributed by atoms with Gasteiger partial charge < -0.3 is 4.42 Å². The van der Waals surface area contributed by atoms with Crippen LogP contribution in [0.5, 0.6) is 0 Å². The number of nitro groups is 1. The van der Waals surface area contributed by atoms with Gasteiger partial charge in [-0.2, -0.15) is 0 Å². The zero-order valence-corrected chi connectivity index (χ0v) is 12.4. The van der Waals surface area contributed by atoms with Crippen LogP contribution in [0.15, 0.2) is 45.9 Å². The van der Waals surface area contributed by atoms with Gasteiger partial charge in [0.15, 0.2) is 0 Å². The van der Waals surface area contributed by atoms with Gasteiger partial charge in [0.05, 0.1) is 21.8 Å². The van der Waals surface area contributed by atoms with Crippen LogP contribution in [-0.2, 0) is 5.75 Å². The van der Waals surface area contributed by atoms with Gasteiger partial charge in [-0.25, -0.2) is 0 Å². The highest BCUT2D eigenvalue weighted by molar-refractivity contribution is 7.98. The van der Waals surface area contributed by atoms with Crippen LogP contribution in [0.1, 0.15) is 37.5 Å². The third kappa shape index (κ3) is 3.42. The number of hydrogen-bond acceptors (Lipinski definition) is 4. The number of benzene rings is 1. The van der Waals surface area contributed by atoms with Gasteiger partial charge in [0.25, 0.3) is 5.69 Å². The average Bonchev–Trinajstić information content (AvgIpc) is 2.97. The number of nitrogens with zero attached hydrogens (tertiary/aromatic N) is 1. The molecule has 0 aliphatic rings. The van der Waals surface area contributed by atoms with Gasteiger partial charge in [-0.15, -0.1) is 11.8 Å². The summed E-state index contributed by atoms with van der Waals surface area (Å²) in [6.45, 7) is 4.16. The summed E-state index contributed by atoms with van der Waals surface area (Å²) in [7, 11) is 0. The standard InChI is InChI=1S/C15H17NO3S/c1-3-11(2)12-6-7-15(14(9-12)16(17)18)20-10-13-5-4-8-19-13/h4-9,11H,3,10H2,1-2H3. The largest absolute Gasteiger partial charge is 0.468 e. The Balaban J connectivity index is 2.21. The Bertz CT molecular complexity index is 581. The van der Waals surface area contributed by atoms with Crippen LogP contribution in [0.25, 0.3) is 0 Å². The SMILES string of the molecule is CCC(C)c1ccc(SCc2ccco2)c([N+](=O)[O-])c1. The maximum Gasteiger partial charge on any atom is 0.283 e. The topological polar surface area (TPSA) is 56.3 Å². The molecule has 0 saturated heterocycles. The molecule has 2 aromatic rings. The van der Waals surface area contributed by atoms with E-state index in [2.05, 4.69) is 13.8 Å². The van der Waals surface area contributed by atoms with Crippen LogP contribution in [0, 0.1) is 10.1 Å². The molecule has 0 amide bonds. The van der Waals surface area contributed by atoms with Crippen molar-refractivity contribution >= 4 is 17.4 Å².